The van der Waals surface area contributed by atoms with Crippen LogP contribution in [-0.4, -0.2) is 18.9 Å². The Balaban J connectivity index is 2.60. The van der Waals surface area contributed by atoms with Gasteiger partial charge in [-0.1, -0.05) is 13.8 Å². The maximum Gasteiger partial charge on any atom is 0.179 e. The fourth-order valence-electron chi connectivity index (χ4n) is 2.38. The van der Waals surface area contributed by atoms with Gasteiger partial charge >= 0.3 is 0 Å². The first-order chi connectivity index (χ1) is 7.45. The van der Waals surface area contributed by atoms with E-state index in [1.54, 1.807) is 7.11 Å². The lowest BCUT2D eigenvalue weighted by Gasteiger charge is -2.35. The van der Waals surface area contributed by atoms with Gasteiger partial charge < -0.3 is 10.5 Å². The van der Waals surface area contributed by atoms with Gasteiger partial charge in [0, 0.05) is 5.56 Å². The molecule has 0 aliphatic heterocycles. The second-order valence-electron chi connectivity index (χ2n) is 4.97. The Bertz CT molecular complexity index is 438. The molecule has 0 bridgehead atoms. The molecule has 0 saturated carbocycles. The molecule has 2 rings (SSSR count). The second kappa shape index (κ2) is 3.59. The summed E-state index contributed by atoms with van der Waals surface area (Å²) in [5.74, 6) is 0.826. The van der Waals surface area contributed by atoms with Crippen LogP contribution in [0.15, 0.2) is 18.2 Å². The minimum Gasteiger partial charge on any atom is -0.497 e. The van der Waals surface area contributed by atoms with Crippen molar-refractivity contribution in [2.75, 3.05) is 7.11 Å². The number of hydrogen-bond acceptors (Lipinski definition) is 3. The van der Waals surface area contributed by atoms with Crippen molar-refractivity contribution in [3.05, 3.63) is 29.3 Å². The second-order valence-corrected chi connectivity index (χ2v) is 4.97. The molecule has 0 fully saturated rings. The third-order valence-corrected chi connectivity index (χ3v) is 3.29. The average molecular weight is 219 g/mol. The van der Waals surface area contributed by atoms with Gasteiger partial charge in [0.1, 0.15) is 5.75 Å². The fraction of sp³-hybridized carbons (Fsp3) is 0.462. The molecule has 3 nitrogen and oxygen atoms in total. The lowest BCUT2D eigenvalue weighted by Crippen LogP contribution is -2.42. The molecule has 0 aromatic heterocycles. The number of ketones is 1. The lowest BCUT2D eigenvalue weighted by atomic mass is 9.70. The van der Waals surface area contributed by atoms with Crippen molar-refractivity contribution >= 4 is 5.78 Å². The van der Waals surface area contributed by atoms with Gasteiger partial charge in [-0.25, -0.2) is 0 Å². The number of nitrogens with two attached hydrogens (primary N) is 1. The van der Waals surface area contributed by atoms with Crippen LogP contribution in [0, 0.1) is 0 Å². The number of carbonyl (C=O) groups is 1. The van der Waals surface area contributed by atoms with E-state index in [1.807, 2.05) is 18.2 Å². The largest absolute Gasteiger partial charge is 0.497 e. The summed E-state index contributed by atoms with van der Waals surface area (Å²) in [5.41, 5.74) is 7.57. The van der Waals surface area contributed by atoms with E-state index < -0.39 is 0 Å². The molecular formula is C13H17NO2. The van der Waals surface area contributed by atoms with Crippen LogP contribution in [0.1, 0.15) is 36.2 Å². The topological polar surface area (TPSA) is 52.3 Å². The highest BCUT2D eigenvalue weighted by molar-refractivity contribution is 6.03. The third-order valence-electron chi connectivity index (χ3n) is 3.29. The smallest absolute Gasteiger partial charge is 0.179 e. The Labute approximate surface area is 95.6 Å². The van der Waals surface area contributed by atoms with E-state index in [4.69, 9.17) is 10.5 Å². The molecule has 1 unspecified atom stereocenters. The van der Waals surface area contributed by atoms with E-state index >= 15 is 0 Å². The highest BCUT2D eigenvalue weighted by Crippen LogP contribution is 2.37. The molecule has 1 aliphatic carbocycles. The molecule has 0 radical (unpaired) electrons. The minimum absolute atomic E-state index is 0.0389. The molecule has 1 atom stereocenters. The molecule has 0 amide bonds. The van der Waals surface area contributed by atoms with Gasteiger partial charge in [-0.2, -0.15) is 0 Å². The lowest BCUT2D eigenvalue weighted by molar-refractivity contribution is 0.0929. The summed E-state index contributed by atoms with van der Waals surface area (Å²) < 4.78 is 5.19. The van der Waals surface area contributed by atoms with Gasteiger partial charge in [-0.3, -0.25) is 4.79 Å². The molecular weight excluding hydrogens is 202 g/mol. The SMILES string of the molecule is COc1ccc2c(c1)C(C)(C)CC(N)C2=O. The average Bonchev–Trinajstić information content (AvgIpc) is 2.25. The van der Waals surface area contributed by atoms with Crippen molar-refractivity contribution in [1.82, 2.24) is 0 Å². The first-order valence-electron chi connectivity index (χ1n) is 5.44. The van der Waals surface area contributed by atoms with Crippen LogP contribution < -0.4 is 10.5 Å². The van der Waals surface area contributed by atoms with Crippen molar-refractivity contribution in [1.29, 1.82) is 0 Å². The first-order valence-corrected chi connectivity index (χ1v) is 5.44. The predicted molar refractivity (Wildman–Crippen MR) is 62.9 cm³/mol. The number of Topliss-reactive ketones (excluding diaryl/α,β-unsaturated/α-hetero) is 1. The zero-order valence-electron chi connectivity index (χ0n) is 9.91. The van der Waals surface area contributed by atoms with Crippen molar-refractivity contribution in [2.24, 2.45) is 5.73 Å². The van der Waals surface area contributed by atoms with E-state index in [9.17, 15) is 4.79 Å². The summed E-state index contributed by atoms with van der Waals surface area (Å²) in [5, 5.41) is 0. The maximum absolute atomic E-state index is 11.9. The van der Waals surface area contributed by atoms with Gasteiger partial charge in [-0.05, 0) is 35.6 Å². The summed E-state index contributed by atoms with van der Waals surface area (Å²) in [4.78, 5) is 11.9. The third kappa shape index (κ3) is 1.61. The Kier molecular flexibility index (Phi) is 2.50. The summed E-state index contributed by atoms with van der Waals surface area (Å²) in [7, 11) is 1.63. The van der Waals surface area contributed by atoms with Crippen molar-refractivity contribution in [2.45, 2.75) is 31.7 Å². The Morgan fingerprint density at radius 3 is 2.75 bits per heavy atom. The van der Waals surface area contributed by atoms with Gasteiger partial charge in [0.2, 0.25) is 0 Å². The van der Waals surface area contributed by atoms with Crippen LogP contribution in [0.25, 0.3) is 0 Å². The zero-order chi connectivity index (χ0) is 11.9. The first kappa shape index (κ1) is 11.1. The number of methoxy groups -OCH3 is 1. The summed E-state index contributed by atoms with van der Waals surface area (Å²) in [6.45, 7) is 4.22. The van der Waals surface area contributed by atoms with E-state index in [0.717, 1.165) is 16.9 Å². The molecule has 1 aliphatic rings. The van der Waals surface area contributed by atoms with Crippen LogP contribution >= 0.6 is 0 Å². The fourth-order valence-corrected chi connectivity index (χ4v) is 2.38. The molecule has 3 heteroatoms. The number of benzene rings is 1. The van der Waals surface area contributed by atoms with Gasteiger partial charge in [0.25, 0.3) is 0 Å². The molecule has 2 N–H and O–H groups in total. The van der Waals surface area contributed by atoms with E-state index in [-0.39, 0.29) is 17.2 Å². The Morgan fingerprint density at radius 1 is 1.44 bits per heavy atom. The van der Waals surface area contributed by atoms with Crippen LogP contribution in [0.4, 0.5) is 0 Å². The summed E-state index contributed by atoms with van der Waals surface area (Å²) in [6.07, 6.45) is 0.687. The van der Waals surface area contributed by atoms with E-state index in [2.05, 4.69) is 13.8 Å². The van der Waals surface area contributed by atoms with Gasteiger partial charge in [0.15, 0.2) is 5.78 Å². The molecule has 0 spiro atoms. The van der Waals surface area contributed by atoms with Crippen molar-refractivity contribution in [3.8, 4) is 5.75 Å². The summed E-state index contributed by atoms with van der Waals surface area (Å²) in [6, 6.07) is 5.19. The predicted octanol–water partition coefficient (Wildman–Crippen LogP) is 1.89. The number of ether oxygens (including phenoxy) is 1. The van der Waals surface area contributed by atoms with Crippen LogP contribution in [-0.2, 0) is 5.41 Å². The monoisotopic (exact) mass is 219 g/mol. The highest BCUT2D eigenvalue weighted by Gasteiger charge is 2.36. The number of hydrogen-bond donors (Lipinski definition) is 1. The number of fused-ring (bicyclic) bond motifs is 1. The van der Waals surface area contributed by atoms with Crippen LogP contribution in [0.3, 0.4) is 0 Å². The quantitative estimate of drug-likeness (QED) is 0.784. The summed E-state index contributed by atoms with van der Waals surface area (Å²) >= 11 is 0. The molecule has 0 saturated heterocycles. The zero-order valence-corrected chi connectivity index (χ0v) is 9.91. The Hall–Kier alpha value is -1.35. The normalized spacial score (nSPS) is 22.8. The molecule has 16 heavy (non-hydrogen) atoms. The standard InChI is InChI=1S/C13H17NO2/c1-13(2)7-11(14)12(15)9-5-4-8(16-3)6-10(9)13/h4-6,11H,7,14H2,1-3H3. The van der Waals surface area contributed by atoms with Gasteiger partial charge in [-0.15, -0.1) is 0 Å². The molecule has 1 aromatic rings. The van der Waals surface area contributed by atoms with Gasteiger partial charge in [0.05, 0.1) is 13.2 Å². The molecule has 86 valence electrons. The minimum atomic E-state index is -0.379. The number of carbonyl (C=O) groups excluding carboxylic acids is 1. The maximum atomic E-state index is 11.9. The molecule has 1 aromatic carbocycles. The van der Waals surface area contributed by atoms with Crippen LogP contribution in [0.2, 0.25) is 0 Å². The number of rotatable bonds is 1. The van der Waals surface area contributed by atoms with E-state index in [1.165, 1.54) is 0 Å². The van der Waals surface area contributed by atoms with Crippen molar-refractivity contribution < 1.29 is 9.53 Å². The Morgan fingerprint density at radius 2 is 2.12 bits per heavy atom. The molecule has 0 heterocycles. The van der Waals surface area contributed by atoms with Crippen molar-refractivity contribution in [3.63, 3.8) is 0 Å². The highest BCUT2D eigenvalue weighted by atomic mass is 16.5. The van der Waals surface area contributed by atoms with Crippen LogP contribution in [0.5, 0.6) is 5.75 Å². The van der Waals surface area contributed by atoms with E-state index in [0.29, 0.717) is 6.42 Å².